The summed E-state index contributed by atoms with van der Waals surface area (Å²) >= 11 is 1.66. The molecular formula is C20H17NO3S. The van der Waals surface area contributed by atoms with Crippen molar-refractivity contribution in [1.29, 1.82) is 0 Å². The number of rotatable bonds is 3. The van der Waals surface area contributed by atoms with Gasteiger partial charge in [0.1, 0.15) is 6.61 Å². The first-order valence-corrected chi connectivity index (χ1v) is 9.33. The Morgan fingerprint density at radius 3 is 2.44 bits per heavy atom. The molecule has 0 spiro atoms. The van der Waals surface area contributed by atoms with E-state index in [0.29, 0.717) is 11.3 Å². The van der Waals surface area contributed by atoms with E-state index in [9.17, 15) is 9.59 Å². The summed E-state index contributed by atoms with van der Waals surface area (Å²) in [5.41, 5.74) is 3.03. The number of para-hydroxylation sites is 1. The monoisotopic (exact) mass is 351 g/mol. The Bertz CT molecular complexity index is 858. The number of benzene rings is 2. The van der Waals surface area contributed by atoms with Crippen LogP contribution in [0.3, 0.4) is 0 Å². The summed E-state index contributed by atoms with van der Waals surface area (Å²) in [5.74, 6) is -0.571. The Labute approximate surface area is 150 Å². The summed E-state index contributed by atoms with van der Waals surface area (Å²) in [5, 5.41) is 0. The number of carbonyl (C=O) groups is 2. The van der Waals surface area contributed by atoms with Crippen molar-refractivity contribution in [2.24, 2.45) is 0 Å². The van der Waals surface area contributed by atoms with E-state index in [0.717, 1.165) is 16.1 Å². The Morgan fingerprint density at radius 2 is 1.76 bits per heavy atom. The van der Waals surface area contributed by atoms with E-state index in [1.54, 1.807) is 16.7 Å². The second-order valence-corrected chi connectivity index (χ2v) is 6.91. The summed E-state index contributed by atoms with van der Waals surface area (Å²) in [4.78, 5) is 28.0. The zero-order valence-electron chi connectivity index (χ0n) is 13.8. The molecule has 5 heteroatoms. The lowest BCUT2D eigenvalue weighted by molar-refractivity contribution is -0.136. The van der Waals surface area contributed by atoms with E-state index in [4.69, 9.17) is 4.74 Å². The second-order valence-electron chi connectivity index (χ2n) is 6.03. The molecule has 1 amide bonds. The van der Waals surface area contributed by atoms with Crippen LogP contribution in [0.15, 0.2) is 70.8 Å². The molecule has 2 aliphatic rings. The summed E-state index contributed by atoms with van der Waals surface area (Å²) in [7, 11) is 0. The number of nitrogens with zero attached hydrogens (tertiary/aromatic N) is 1. The largest absolute Gasteiger partial charge is 0.456 e. The van der Waals surface area contributed by atoms with Crippen LogP contribution in [-0.4, -0.2) is 24.7 Å². The molecule has 0 saturated heterocycles. The standard InChI is InChI=1S/C20H17NO3S/c1-25-15-9-7-13(8-10-15)16-11-18(22)21(14-5-3-2-4-6-14)17-12-24-20(23)19(16)17/h2-10,16H,11-12H2,1H3. The molecule has 4 nitrogen and oxygen atoms in total. The number of thioether (sulfide) groups is 1. The van der Waals surface area contributed by atoms with Gasteiger partial charge in [-0.25, -0.2) is 4.79 Å². The lowest BCUT2D eigenvalue weighted by Crippen LogP contribution is -2.37. The molecule has 0 aromatic heterocycles. The third-order valence-electron chi connectivity index (χ3n) is 4.65. The van der Waals surface area contributed by atoms with E-state index in [-0.39, 0.29) is 30.8 Å². The van der Waals surface area contributed by atoms with Gasteiger partial charge in [0.15, 0.2) is 0 Å². The maximum absolute atomic E-state index is 12.9. The van der Waals surface area contributed by atoms with Gasteiger partial charge in [-0.15, -0.1) is 11.8 Å². The molecule has 2 aromatic rings. The minimum atomic E-state index is -0.317. The van der Waals surface area contributed by atoms with Gasteiger partial charge in [-0.2, -0.15) is 0 Å². The Hall–Kier alpha value is -2.53. The van der Waals surface area contributed by atoms with Gasteiger partial charge in [0.2, 0.25) is 5.91 Å². The van der Waals surface area contributed by atoms with Crippen LogP contribution < -0.4 is 4.90 Å². The summed E-state index contributed by atoms with van der Waals surface area (Å²) < 4.78 is 5.29. The number of hydrogen-bond acceptors (Lipinski definition) is 4. The zero-order valence-corrected chi connectivity index (χ0v) is 14.6. The molecule has 126 valence electrons. The van der Waals surface area contributed by atoms with Crippen molar-refractivity contribution in [3.63, 3.8) is 0 Å². The summed E-state index contributed by atoms with van der Waals surface area (Å²) in [6, 6.07) is 17.5. The summed E-state index contributed by atoms with van der Waals surface area (Å²) in [6.07, 6.45) is 2.29. The average molecular weight is 351 g/mol. The SMILES string of the molecule is CSc1ccc(C2CC(=O)N(c3ccccc3)C3=C2C(=O)OC3)cc1. The van der Waals surface area contributed by atoms with Crippen LogP contribution in [-0.2, 0) is 14.3 Å². The maximum atomic E-state index is 12.9. The first-order chi connectivity index (χ1) is 12.2. The second kappa shape index (κ2) is 6.41. The molecule has 1 unspecified atom stereocenters. The minimum Gasteiger partial charge on any atom is -0.456 e. The fourth-order valence-corrected chi connectivity index (χ4v) is 3.86. The molecule has 0 saturated carbocycles. The van der Waals surface area contributed by atoms with Gasteiger partial charge >= 0.3 is 5.97 Å². The van der Waals surface area contributed by atoms with Gasteiger partial charge in [0, 0.05) is 22.9 Å². The van der Waals surface area contributed by atoms with Crippen LogP contribution in [0.25, 0.3) is 0 Å². The number of hydrogen-bond donors (Lipinski definition) is 0. The lowest BCUT2D eigenvalue weighted by Gasteiger charge is -2.31. The topological polar surface area (TPSA) is 46.6 Å². The highest BCUT2D eigenvalue weighted by Gasteiger charge is 2.42. The maximum Gasteiger partial charge on any atom is 0.336 e. The van der Waals surface area contributed by atoms with E-state index < -0.39 is 0 Å². The van der Waals surface area contributed by atoms with E-state index >= 15 is 0 Å². The first kappa shape index (κ1) is 16.0. The molecule has 0 bridgehead atoms. The zero-order chi connectivity index (χ0) is 17.4. The molecular weight excluding hydrogens is 334 g/mol. The van der Waals surface area contributed by atoms with Gasteiger partial charge in [-0.3, -0.25) is 9.69 Å². The van der Waals surface area contributed by atoms with Crippen LogP contribution in [0.2, 0.25) is 0 Å². The minimum absolute atomic E-state index is 0.0119. The van der Waals surface area contributed by atoms with Gasteiger partial charge in [-0.05, 0) is 36.1 Å². The third kappa shape index (κ3) is 2.74. The Morgan fingerprint density at radius 1 is 1.04 bits per heavy atom. The molecule has 4 rings (SSSR count). The smallest absolute Gasteiger partial charge is 0.336 e. The molecule has 0 radical (unpaired) electrons. The molecule has 0 fully saturated rings. The molecule has 0 aliphatic carbocycles. The van der Waals surface area contributed by atoms with Gasteiger partial charge in [-0.1, -0.05) is 30.3 Å². The van der Waals surface area contributed by atoms with Crippen molar-refractivity contribution in [3.8, 4) is 0 Å². The van der Waals surface area contributed by atoms with Crippen molar-refractivity contribution in [3.05, 3.63) is 71.4 Å². The van der Waals surface area contributed by atoms with Gasteiger partial charge in [0.25, 0.3) is 0 Å². The molecule has 25 heavy (non-hydrogen) atoms. The normalized spacial score (nSPS) is 19.9. The Kier molecular flexibility index (Phi) is 4.09. The number of amides is 1. The van der Waals surface area contributed by atoms with Crippen molar-refractivity contribution in [2.75, 3.05) is 17.8 Å². The molecule has 0 N–H and O–H groups in total. The van der Waals surface area contributed by atoms with Crippen molar-refractivity contribution in [2.45, 2.75) is 17.2 Å². The fourth-order valence-electron chi connectivity index (χ4n) is 3.45. The van der Waals surface area contributed by atoms with E-state index in [2.05, 4.69) is 0 Å². The van der Waals surface area contributed by atoms with Crippen LogP contribution in [0, 0.1) is 0 Å². The predicted octanol–water partition coefficient (Wildman–Crippen LogP) is 3.74. The lowest BCUT2D eigenvalue weighted by atomic mass is 9.84. The van der Waals surface area contributed by atoms with Crippen molar-refractivity contribution < 1.29 is 14.3 Å². The molecule has 2 heterocycles. The van der Waals surface area contributed by atoms with Crippen LogP contribution >= 0.6 is 11.8 Å². The number of carbonyl (C=O) groups excluding carboxylic acids is 2. The Balaban J connectivity index is 1.79. The number of esters is 1. The average Bonchev–Trinajstić information content (AvgIpc) is 3.03. The fraction of sp³-hybridized carbons (Fsp3) is 0.200. The number of anilines is 1. The van der Waals surface area contributed by atoms with Crippen molar-refractivity contribution in [1.82, 2.24) is 0 Å². The highest BCUT2D eigenvalue weighted by Crippen LogP contribution is 2.41. The molecule has 2 aliphatic heterocycles. The summed E-state index contributed by atoms with van der Waals surface area (Å²) in [6.45, 7) is 0.147. The molecule has 2 aromatic carbocycles. The highest BCUT2D eigenvalue weighted by molar-refractivity contribution is 7.98. The number of cyclic esters (lactones) is 1. The predicted molar refractivity (Wildman–Crippen MR) is 97.5 cm³/mol. The van der Waals surface area contributed by atoms with Crippen LogP contribution in [0.1, 0.15) is 17.9 Å². The quantitative estimate of drug-likeness (QED) is 0.624. The van der Waals surface area contributed by atoms with E-state index in [1.807, 2.05) is 60.9 Å². The first-order valence-electron chi connectivity index (χ1n) is 8.11. The molecule has 1 atom stereocenters. The third-order valence-corrected chi connectivity index (χ3v) is 5.39. The van der Waals surface area contributed by atoms with Crippen molar-refractivity contribution >= 4 is 29.3 Å². The van der Waals surface area contributed by atoms with E-state index in [1.165, 1.54) is 0 Å². The van der Waals surface area contributed by atoms with Crippen LogP contribution in [0.5, 0.6) is 0 Å². The van der Waals surface area contributed by atoms with Gasteiger partial charge in [0.05, 0.1) is 11.3 Å². The highest BCUT2D eigenvalue weighted by atomic mass is 32.2. The number of ether oxygens (including phenoxy) is 1. The van der Waals surface area contributed by atoms with Gasteiger partial charge < -0.3 is 4.74 Å². The van der Waals surface area contributed by atoms with Crippen LogP contribution in [0.4, 0.5) is 5.69 Å².